The second-order valence-corrected chi connectivity index (χ2v) is 8.50. The summed E-state index contributed by atoms with van der Waals surface area (Å²) in [5.74, 6) is -3.67. The van der Waals surface area contributed by atoms with E-state index in [1.54, 1.807) is 6.92 Å². The van der Waals surface area contributed by atoms with Gasteiger partial charge in [-0.05, 0) is 63.1 Å². The third-order valence-electron chi connectivity index (χ3n) is 5.72. The van der Waals surface area contributed by atoms with Gasteiger partial charge in [-0.25, -0.2) is 14.4 Å². The zero-order chi connectivity index (χ0) is 27.1. The topological polar surface area (TPSA) is 108 Å². The van der Waals surface area contributed by atoms with E-state index in [0.717, 1.165) is 25.7 Å². The molecule has 1 unspecified atom stereocenters. The molecule has 8 nitrogen and oxygen atoms in total. The highest BCUT2D eigenvalue weighted by Crippen LogP contribution is 2.22. The van der Waals surface area contributed by atoms with Crippen molar-refractivity contribution in [2.75, 3.05) is 26.4 Å². The molecule has 0 aliphatic rings. The van der Waals surface area contributed by atoms with Crippen molar-refractivity contribution in [1.29, 1.82) is 0 Å². The first-order valence-electron chi connectivity index (χ1n) is 12.8. The molecule has 0 bridgehead atoms. The maximum atomic E-state index is 12.5. The molecule has 0 spiro atoms. The molecule has 0 saturated carbocycles. The fraction of sp³-hybridized carbons (Fsp3) is 0.483. The second-order valence-electron chi connectivity index (χ2n) is 8.50. The molecular formula is C29H38O8. The molecule has 0 fully saturated rings. The molecule has 37 heavy (non-hydrogen) atoms. The standard InChI is InChI=1S/C29H38O8/c1-4-34-26(30)25(29(33,27(31)35-5-2)28(32)36-6-3)37-20-12-8-11-13-22-16-18-24(19-17-22)21-23-14-9-7-10-15-23/h7,9-10,14-19,25,33H,4-6,8,11-13,20-21H2,1-3H3. The Hall–Kier alpha value is -3.23. The summed E-state index contributed by atoms with van der Waals surface area (Å²) < 4.78 is 20.2. The van der Waals surface area contributed by atoms with Crippen molar-refractivity contribution in [3.05, 3.63) is 71.3 Å². The van der Waals surface area contributed by atoms with Crippen LogP contribution in [-0.4, -0.2) is 61.1 Å². The van der Waals surface area contributed by atoms with Crippen LogP contribution < -0.4 is 0 Å². The number of hydrogen-bond acceptors (Lipinski definition) is 8. The largest absolute Gasteiger partial charge is 0.464 e. The van der Waals surface area contributed by atoms with Crippen molar-refractivity contribution in [3.8, 4) is 0 Å². The number of carbonyl (C=O) groups is 3. The molecule has 2 rings (SSSR count). The number of rotatable bonds is 16. The molecule has 0 heterocycles. The van der Waals surface area contributed by atoms with Gasteiger partial charge in [0.2, 0.25) is 6.10 Å². The molecule has 0 radical (unpaired) electrons. The fourth-order valence-corrected chi connectivity index (χ4v) is 3.82. The van der Waals surface area contributed by atoms with Crippen LogP contribution in [-0.2, 0) is 46.2 Å². The third-order valence-corrected chi connectivity index (χ3v) is 5.72. The van der Waals surface area contributed by atoms with Crippen molar-refractivity contribution < 1.29 is 38.4 Å². The van der Waals surface area contributed by atoms with Crippen LogP contribution in [0.1, 0.15) is 56.7 Å². The quantitative estimate of drug-likeness (QED) is 0.156. The van der Waals surface area contributed by atoms with Gasteiger partial charge in [0.15, 0.2) is 0 Å². The molecule has 2 aromatic carbocycles. The van der Waals surface area contributed by atoms with E-state index in [4.69, 9.17) is 18.9 Å². The summed E-state index contributed by atoms with van der Waals surface area (Å²) in [7, 11) is 0. The summed E-state index contributed by atoms with van der Waals surface area (Å²) in [5.41, 5.74) is 0.791. The minimum Gasteiger partial charge on any atom is -0.464 e. The van der Waals surface area contributed by atoms with Crippen LogP contribution in [0.5, 0.6) is 0 Å². The normalized spacial score (nSPS) is 12.0. The number of aliphatic hydroxyl groups is 1. The third kappa shape index (κ3) is 8.98. The van der Waals surface area contributed by atoms with Gasteiger partial charge in [-0.3, -0.25) is 0 Å². The Morgan fingerprint density at radius 1 is 0.730 bits per heavy atom. The molecular weight excluding hydrogens is 476 g/mol. The van der Waals surface area contributed by atoms with Crippen molar-refractivity contribution in [2.45, 2.75) is 64.6 Å². The minimum atomic E-state index is -2.96. The van der Waals surface area contributed by atoms with Gasteiger partial charge >= 0.3 is 17.9 Å². The van der Waals surface area contributed by atoms with Gasteiger partial charge < -0.3 is 24.1 Å². The Morgan fingerprint density at radius 3 is 1.84 bits per heavy atom. The number of ether oxygens (including phenoxy) is 4. The van der Waals surface area contributed by atoms with Crippen molar-refractivity contribution in [1.82, 2.24) is 0 Å². The summed E-state index contributed by atoms with van der Waals surface area (Å²) >= 11 is 0. The molecule has 0 aliphatic heterocycles. The smallest absolute Gasteiger partial charge is 0.353 e. The lowest BCUT2D eigenvalue weighted by atomic mass is 9.96. The van der Waals surface area contributed by atoms with Gasteiger partial charge in [0.05, 0.1) is 19.8 Å². The molecule has 202 valence electrons. The van der Waals surface area contributed by atoms with E-state index in [0.29, 0.717) is 6.42 Å². The monoisotopic (exact) mass is 514 g/mol. The predicted molar refractivity (Wildman–Crippen MR) is 138 cm³/mol. The maximum absolute atomic E-state index is 12.5. The van der Waals surface area contributed by atoms with Crippen LogP contribution in [0, 0.1) is 0 Å². The van der Waals surface area contributed by atoms with E-state index in [1.807, 2.05) is 18.2 Å². The summed E-state index contributed by atoms with van der Waals surface area (Å²) in [6.07, 6.45) is 2.07. The highest BCUT2D eigenvalue weighted by Gasteiger charge is 2.58. The first kappa shape index (κ1) is 30.0. The zero-order valence-corrected chi connectivity index (χ0v) is 21.9. The van der Waals surface area contributed by atoms with Crippen LogP contribution in [0.15, 0.2) is 54.6 Å². The van der Waals surface area contributed by atoms with Gasteiger partial charge in [-0.2, -0.15) is 0 Å². The lowest BCUT2D eigenvalue weighted by Gasteiger charge is -2.30. The van der Waals surface area contributed by atoms with E-state index in [1.165, 1.54) is 30.5 Å². The molecule has 2 aromatic rings. The van der Waals surface area contributed by atoms with E-state index >= 15 is 0 Å². The molecule has 0 aliphatic carbocycles. The number of hydrogen-bond donors (Lipinski definition) is 1. The van der Waals surface area contributed by atoms with Gasteiger partial charge in [0.25, 0.3) is 5.60 Å². The van der Waals surface area contributed by atoms with Gasteiger partial charge in [0.1, 0.15) is 0 Å². The van der Waals surface area contributed by atoms with Crippen LogP contribution in [0.2, 0.25) is 0 Å². The second kappa shape index (κ2) is 15.8. The molecule has 8 heteroatoms. The molecule has 1 N–H and O–H groups in total. The van der Waals surface area contributed by atoms with Crippen LogP contribution >= 0.6 is 0 Å². The van der Waals surface area contributed by atoms with Crippen LogP contribution in [0.25, 0.3) is 0 Å². The average molecular weight is 515 g/mol. The van der Waals surface area contributed by atoms with E-state index < -0.39 is 29.6 Å². The summed E-state index contributed by atoms with van der Waals surface area (Å²) in [6.45, 7) is 4.38. The Kier molecular flexibility index (Phi) is 12.8. The van der Waals surface area contributed by atoms with E-state index in [2.05, 4.69) is 36.4 Å². The number of carbonyl (C=O) groups excluding carboxylic acids is 3. The molecule has 0 saturated heterocycles. The number of aryl methyl sites for hydroxylation is 1. The lowest BCUT2D eigenvalue weighted by Crippen LogP contribution is -2.61. The van der Waals surface area contributed by atoms with Crippen LogP contribution in [0.3, 0.4) is 0 Å². The van der Waals surface area contributed by atoms with Crippen molar-refractivity contribution in [3.63, 3.8) is 0 Å². The van der Waals surface area contributed by atoms with Crippen molar-refractivity contribution in [2.24, 2.45) is 0 Å². The molecule has 0 amide bonds. The Morgan fingerprint density at radius 2 is 1.27 bits per heavy atom. The number of benzene rings is 2. The van der Waals surface area contributed by atoms with Gasteiger partial charge in [-0.1, -0.05) is 61.0 Å². The first-order valence-corrected chi connectivity index (χ1v) is 12.8. The molecule has 1 atom stereocenters. The number of esters is 3. The number of unbranched alkanes of at least 4 members (excludes halogenated alkanes) is 2. The Balaban J connectivity index is 1.89. The zero-order valence-electron chi connectivity index (χ0n) is 21.9. The molecule has 0 aromatic heterocycles. The fourth-order valence-electron chi connectivity index (χ4n) is 3.82. The highest BCUT2D eigenvalue weighted by atomic mass is 16.6. The van der Waals surface area contributed by atoms with Gasteiger partial charge in [0, 0.05) is 6.61 Å². The van der Waals surface area contributed by atoms with Crippen LogP contribution in [0.4, 0.5) is 0 Å². The van der Waals surface area contributed by atoms with E-state index in [9.17, 15) is 19.5 Å². The maximum Gasteiger partial charge on any atom is 0.353 e. The average Bonchev–Trinajstić information content (AvgIpc) is 2.89. The summed E-state index contributed by atoms with van der Waals surface area (Å²) in [6, 6.07) is 18.9. The Labute approximate surface area is 218 Å². The van der Waals surface area contributed by atoms with Crippen molar-refractivity contribution >= 4 is 17.9 Å². The predicted octanol–water partition coefficient (Wildman–Crippen LogP) is 3.80. The lowest BCUT2D eigenvalue weighted by molar-refractivity contribution is -0.208. The summed E-state index contributed by atoms with van der Waals surface area (Å²) in [5, 5.41) is 11.0. The minimum absolute atomic E-state index is 0.0233. The highest BCUT2D eigenvalue weighted by molar-refractivity contribution is 6.08. The van der Waals surface area contributed by atoms with Gasteiger partial charge in [-0.15, -0.1) is 0 Å². The SMILES string of the molecule is CCOC(=O)C(OCCCCCc1ccc(Cc2ccccc2)cc1)C(O)(C(=O)OCC)C(=O)OCC. The summed E-state index contributed by atoms with van der Waals surface area (Å²) in [4.78, 5) is 37.5. The Bertz CT molecular complexity index is 953. The van der Waals surface area contributed by atoms with E-state index in [-0.39, 0.29) is 26.4 Å². The first-order chi connectivity index (χ1) is 17.9.